The summed E-state index contributed by atoms with van der Waals surface area (Å²) in [6, 6.07) is 9.68. The standard InChI is InChI=1S/C17H24N2O/c1-2-10-19(9-1)14-5-3-13(4-6-14)12-18-16-11-15-7-8-17(16)20-15/h3-6,15-18H,1-2,7-12H2. The Labute approximate surface area is 121 Å². The van der Waals surface area contributed by atoms with Crippen molar-refractivity contribution >= 4 is 5.69 Å². The molecule has 3 heteroatoms. The normalized spacial score (nSPS) is 32.2. The molecule has 0 aromatic heterocycles. The second-order valence-corrected chi connectivity index (χ2v) is 6.46. The predicted molar refractivity (Wildman–Crippen MR) is 81.0 cm³/mol. The van der Waals surface area contributed by atoms with Crippen LogP contribution >= 0.6 is 0 Å². The number of nitrogens with one attached hydrogen (secondary N) is 1. The highest BCUT2D eigenvalue weighted by Crippen LogP contribution is 2.34. The van der Waals surface area contributed by atoms with Crippen molar-refractivity contribution in [2.75, 3.05) is 18.0 Å². The van der Waals surface area contributed by atoms with Crippen molar-refractivity contribution in [2.24, 2.45) is 0 Å². The van der Waals surface area contributed by atoms with E-state index < -0.39 is 0 Å². The molecule has 3 fully saturated rings. The fraction of sp³-hybridized carbons (Fsp3) is 0.647. The Morgan fingerprint density at radius 3 is 2.55 bits per heavy atom. The topological polar surface area (TPSA) is 24.5 Å². The molecule has 108 valence electrons. The van der Waals surface area contributed by atoms with E-state index in [9.17, 15) is 0 Å². The molecule has 3 heterocycles. The molecule has 1 N–H and O–H groups in total. The Morgan fingerprint density at radius 2 is 1.90 bits per heavy atom. The number of anilines is 1. The maximum absolute atomic E-state index is 5.89. The lowest BCUT2D eigenvalue weighted by atomic mass is 9.95. The third kappa shape index (κ3) is 2.45. The van der Waals surface area contributed by atoms with Crippen LogP contribution in [0.5, 0.6) is 0 Å². The molecule has 3 saturated heterocycles. The van der Waals surface area contributed by atoms with Crippen molar-refractivity contribution in [1.82, 2.24) is 5.32 Å². The second-order valence-electron chi connectivity index (χ2n) is 6.46. The number of nitrogens with zero attached hydrogens (tertiary/aromatic N) is 1. The Bertz CT molecular complexity index is 453. The van der Waals surface area contributed by atoms with E-state index in [1.807, 2.05) is 0 Å². The zero-order valence-corrected chi connectivity index (χ0v) is 12.1. The van der Waals surface area contributed by atoms with E-state index in [4.69, 9.17) is 4.74 Å². The number of rotatable bonds is 4. The van der Waals surface area contributed by atoms with Crippen LogP contribution in [0.4, 0.5) is 5.69 Å². The van der Waals surface area contributed by atoms with Crippen molar-refractivity contribution in [3.8, 4) is 0 Å². The van der Waals surface area contributed by atoms with E-state index in [-0.39, 0.29) is 0 Å². The summed E-state index contributed by atoms with van der Waals surface area (Å²) in [4.78, 5) is 2.49. The fourth-order valence-corrected chi connectivity index (χ4v) is 3.90. The maximum Gasteiger partial charge on any atom is 0.0733 e. The van der Waals surface area contributed by atoms with Gasteiger partial charge >= 0.3 is 0 Å². The van der Waals surface area contributed by atoms with Gasteiger partial charge in [0.05, 0.1) is 12.2 Å². The van der Waals surface area contributed by atoms with Gasteiger partial charge in [-0.15, -0.1) is 0 Å². The molecule has 3 atom stereocenters. The Hall–Kier alpha value is -1.06. The highest BCUT2D eigenvalue weighted by Gasteiger charge is 2.40. The average molecular weight is 272 g/mol. The van der Waals surface area contributed by atoms with Crippen molar-refractivity contribution in [3.63, 3.8) is 0 Å². The van der Waals surface area contributed by atoms with Gasteiger partial charge in [-0.05, 0) is 49.8 Å². The maximum atomic E-state index is 5.89. The lowest BCUT2D eigenvalue weighted by Crippen LogP contribution is -2.36. The van der Waals surface area contributed by atoms with Crippen LogP contribution in [0.3, 0.4) is 0 Å². The van der Waals surface area contributed by atoms with Crippen LogP contribution in [0, 0.1) is 0 Å². The average Bonchev–Trinajstić information content (AvgIpc) is 3.22. The summed E-state index contributed by atoms with van der Waals surface area (Å²) >= 11 is 0. The minimum atomic E-state index is 0.476. The van der Waals surface area contributed by atoms with Crippen molar-refractivity contribution in [1.29, 1.82) is 0 Å². The monoisotopic (exact) mass is 272 g/mol. The molecular formula is C17H24N2O. The van der Waals surface area contributed by atoms with Crippen LogP contribution in [-0.4, -0.2) is 31.3 Å². The van der Waals surface area contributed by atoms with Gasteiger partial charge in [0.1, 0.15) is 0 Å². The summed E-state index contributed by atoms with van der Waals surface area (Å²) in [6.45, 7) is 3.41. The Morgan fingerprint density at radius 1 is 1.10 bits per heavy atom. The summed E-state index contributed by atoms with van der Waals surface area (Å²) in [5.74, 6) is 0. The number of ether oxygens (including phenoxy) is 1. The lowest BCUT2D eigenvalue weighted by molar-refractivity contribution is 0.0973. The quantitative estimate of drug-likeness (QED) is 0.912. The van der Waals surface area contributed by atoms with E-state index in [0.717, 1.165) is 6.54 Å². The third-order valence-electron chi connectivity index (χ3n) is 5.08. The van der Waals surface area contributed by atoms with E-state index in [1.54, 1.807) is 0 Å². The molecule has 3 nitrogen and oxygen atoms in total. The van der Waals surface area contributed by atoms with E-state index in [0.29, 0.717) is 18.2 Å². The van der Waals surface area contributed by atoms with Gasteiger partial charge in [0, 0.05) is 31.4 Å². The van der Waals surface area contributed by atoms with Crippen LogP contribution < -0.4 is 10.2 Å². The summed E-state index contributed by atoms with van der Waals surface area (Å²) < 4.78 is 5.89. The SMILES string of the molecule is c1cc(N2CCCC2)ccc1CNC1CC2CCC1O2. The molecule has 0 saturated carbocycles. The zero-order chi connectivity index (χ0) is 13.4. The smallest absolute Gasteiger partial charge is 0.0733 e. The largest absolute Gasteiger partial charge is 0.373 e. The van der Waals surface area contributed by atoms with Gasteiger partial charge in [0.15, 0.2) is 0 Å². The van der Waals surface area contributed by atoms with Gasteiger partial charge in [-0.3, -0.25) is 0 Å². The van der Waals surface area contributed by atoms with Gasteiger partial charge < -0.3 is 15.0 Å². The van der Waals surface area contributed by atoms with E-state index >= 15 is 0 Å². The lowest BCUT2D eigenvalue weighted by Gasteiger charge is -2.21. The van der Waals surface area contributed by atoms with Crippen LogP contribution in [0.15, 0.2) is 24.3 Å². The van der Waals surface area contributed by atoms with Crippen molar-refractivity contribution in [3.05, 3.63) is 29.8 Å². The molecule has 3 aliphatic rings. The minimum Gasteiger partial charge on any atom is -0.373 e. The summed E-state index contributed by atoms with van der Waals surface area (Å²) in [6.07, 6.45) is 7.42. The van der Waals surface area contributed by atoms with Crippen molar-refractivity contribution in [2.45, 2.75) is 56.9 Å². The summed E-state index contributed by atoms with van der Waals surface area (Å²) in [5, 5.41) is 3.68. The molecule has 3 aliphatic heterocycles. The molecule has 0 aliphatic carbocycles. The first-order valence-electron chi connectivity index (χ1n) is 8.11. The minimum absolute atomic E-state index is 0.476. The van der Waals surface area contributed by atoms with Gasteiger partial charge in [-0.1, -0.05) is 12.1 Å². The first kappa shape index (κ1) is 12.7. The van der Waals surface area contributed by atoms with Crippen LogP contribution in [0.2, 0.25) is 0 Å². The van der Waals surface area contributed by atoms with Crippen LogP contribution in [-0.2, 0) is 11.3 Å². The molecule has 2 bridgehead atoms. The molecule has 0 radical (unpaired) electrons. The summed E-state index contributed by atoms with van der Waals surface area (Å²) in [7, 11) is 0. The Balaban J connectivity index is 1.32. The Kier molecular flexibility index (Phi) is 3.41. The molecule has 3 unspecified atom stereocenters. The van der Waals surface area contributed by atoms with E-state index in [2.05, 4.69) is 34.5 Å². The molecule has 0 amide bonds. The van der Waals surface area contributed by atoms with Crippen LogP contribution in [0.1, 0.15) is 37.7 Å². The first-order valence-corrected chi connectivity index (χ1v) is 8.11. The number of benzene rings is 1. The molecule has 4 rings (SSSR count). The van der Waals surface area contributed by atoms with Crippen LogP contribution in [0.25, 0.3) is 0 Å². The zero-order valence-electron chi connectivity index (χ0n) is 12.1. The molecule has 0 spiro atoms. The van der Waals surface area contributed by atoms with Gasteiger partial charge in [-0.25, -0.2) is 0 Å². The molecule has 1 aromatic rings. The third-order valence-corrected chi connectivity index (χ3v) is 5.08. The highest BCUT2D eigenvalue weighted by molar-refractivity contribution is 5.48. The van der Waals surface area contributed by atoms with E-state index in [1.165, 1.54) is 56.4 Å². The summed E-state index contributed by atoms with van der Waals surface area (Å²) in [5.41, 5.74) is 2.77. The van der Waals surface area contributed by atoms with Crippen molar-refractivity contribution < 1.29 is 4.74 Å². The number of fused-ring (bicyclic) bond motifs is 2. The fourth-order valence-electron chi connectivity index (χ4n) is 3.90. The van der Waals surface area contributed by atoms with Gasteiger partial charge in [0.25, 0.3) is 0 Å². The first-order chi connectivity index (χ1) is 9.88. The van der Waals surface area contributed by atoms with Gasteiger partial charge in [0.2, 0.25) is 0 Å². The molecular weight excluding hydrogens is 248 g/mol. The predicted octanol–water partition coefficient (Wildman–Crippen LogP) is 2.70. The molecule has 1 aromatic carbocycles. The molecule has 20 heavy (non-hydrogen) atoms. The number of hydrogen-bond acceptors (Lipinski definition) is 3. The number of hydrogen-bond donors (Lipinski definition) is 1. The van der Waals surface area contributed by atoms with Gasteiger partial charge in [-0.2, -0.15) is 0 Å². The highest BCUT2D eigenvalue weighted by atomic mass is 16.5. The second kappa shape index (κ2) is 5.38.